The summed E-state index contributed by atoms with van der Waals surface area (Å²) in [4.78, 5) is 0. The summed E-state index contributed by atoms with van der Waals surface area (Å²) in [5, 5.41) is 0. The van der Waals surface area contributed by atoms with Crippen molar-refractivity contribution < 1.29 is 17.9 Å². The van der Waals surface area contributed by atoms with Crippen LogP contribution in [0.1, 0.15) is 11.6 Å². The van der Waals surface area contributed by atoms with Gasteiger partial charge in [-0.1, -0.05) is 24.3 Å². The molecule has 2 aromatic carbocycles. The molecule has 0 aromatic heterocycles. The van der Waals surface area contributed by atoms with E-state index in [2.05, 4.69) is 5.43 Å². The lowest BCUT2D eigenvalue weighted by Crippen LogP contribution is -2.33. The lowest BCUT2D eigenvalue weighted by Gasteiger charge is -2.18. The van der Waals surface area contributed by atoms with E-state index in [0.29, 0.717) is 5.75 Å². The Hall–Kier alpha value is -2.05. The van der Waals surface area contributed by atoms with Gasteiger partial charge in [-0.25, -0.2) is 18.6 Å². The summed E-state index contributed by atoms with van der Waals surface area (Å²) in [7, 11) is 0. The Labute approximate surface area is 114 Å². The number of rotatable bonds is 5. The average molecular weight is 282 g/mol. The first-order chi connectivity index (χ1) is 9.63. The van der Waals surface area contributed by atoms with Crippen molar-refractivity contribution in [3.05, 3.63) is 65.5 Å². The van der Waals surface area contributed by atoms with Gasteiger partial charge in [-0.3, -0.25) is 5.84 Å². The highest BCUT2D eigenvalue weighted by atomic mass is 19.2. The molecule has 2 aromatic rings. The number of nitrogens with one attached hydrogen (secondary N) is 1. The van der Waals surface area contributed by atoms with Crippen LogP contribution in [0.4, 0.5) is 13.2 Å². The molecule has 0 spiro atoms. The molecule has 106 valence electrons. The Balaban J connectivity index is 2.15. The van der Waals surface area contributed by atoms with E-state index in [1.165, 1.54) is 0 Å². The third-order valence-electron chi connectivity index (χ3n) is 2.80. The highest BCUT2D eigenvalue weighted by Crippen LogP contribution is 2.22. The highest BCUT2D eigenvalue weighted by molar-refractivity contribution is 5.25. The predicted molar refractivity (Wildman–Crippen MR) is 68.3 cm³/mol. The topological polar surface area (TPSA) is 47.3 Å². The van der Waals surface area contributed by atoms with E-state index in [0.717, 1.165) is 12.1 Å². The second kappa shape index (κ2) is 6.40. The first-order valence-corrected chi connectivity index (χ1v) is 5.91. The monoisotopic (exact) mass is 282 g/mol. The van der Waals surface area contributed by atoms with Gasteiger partial charge in [0.15, 0.2) is 17.5 Å². The number of ether oxygens (including phenoxy) is 1. The van der Waals surface area contributed by atoms with Gasteiger partial charge in [-0.2, -0.15) is 0 Å². The minimum atomic E-state index is -1.53. The van der Waals surface area contributed by atoms with Gasteiger partial charge in [0, 0.05) is 5.56 Å². The second-order valence-electron chi connectivity index (χ2n) is 4.11. The van der Waals surface area contributed by atoms with Gasteiger partial charge in [0.25, 0.3) is 0 Å². The molecular formula is C14H13F3N2O. The van der Waals surface area contributed by atoms with Gasteiger partial charge in [0.1, 0.15) is 12.4 Å². The van der Waals surface area contributed by atoms with Crippen molar-refractivity contribution in [1.29, 1.82) is 0 Å². The van der Waals surface area contributed by atoms with Crippen molar-refractivity contribution in [2.75, 3.05) is 6.61 Å². The molecule has 0 amide bonds. The van der Waals surface area contributed by atoms with Gasteiger partial charge in [-0.05, 0) is 18.2 Å². The highest BCUT2D eigenvalue weighted by Gasteiger charge is 2.20. The molecule has 1 atom stereocenters. The zero-order valence-electron chi connectivity index (χ0n) is 10.4. The van der Waals surface area contributed by atoms with Crippen LogP contribution in [0.3, 0.4) is 0 Å². The third-order valence-corrected chi connectivity index (χ3v) is 2.80. The summed E-state index contributed by atoms with van der Waals surface area (Å²) in [6.07, 6.45) is 0. The van der Waals surface area contributed by atoms with Crippen molar-refractivity contribution in [2.45, 2.75) is 6.04 Å². The molecule has 20 heavy (non-hydrogen) atoms. The van der Waals surface area contributed by atoms with Gasteiger partial charge in [-0.15, -0.1) is 0 Å². The summed E-state index contributed by atoms with van der Waals surface area (Å²) in [5.74, 6) is 1.84. The molecule has 0 aliphatic heterocycles. The fourth-order valence-electron chi connectivity index (χ4n) is 1.73. The Morgan fingerprint density at radius 1 is 1.00 bits per heavy atom. The van der Waals surface area contributed by atoms with Crippen molar-refractivity contribution in [3.63, 3.8) is 0 Å². The van der Waals surface area contributed by atoms with Gasteiger partial charge in [0.05, 0.1) is 6.04 Å². The molecule has 0 aliphatic rings. The van der Waals surface area contributed by atoms with Crippen molar-refractivity contribution >= 4 is 0 Å². The lowest BCUT2D eigenvalue weighted by molar-refractivity contribution is 0.262. The number of halogens is 3. The van der Waals surface area contributed by atoms with E-state index in [4.69, 9.17) is 10.6 Å². The third kappa shape index (κ3) is 3.09. The Bertz CT molecular complexity index is 578. The number of nitrogens with two attached hydrogens (primary N) is 1. The Kier molecular flexibility index (Phi) is 4.60. The molecule has 0 fully saturated rings. The predicted octanol–water partition coefficient (Wildman–Crippen LogP) is 2.69. The van der Waals surface area contributed by atoms with Crippen LogP contribution in [0.5, 0.6) is 5.75 Å². The minimum Gasteiger partial charge on any atom is -0.492 e. The summed E-state index contributed by atoms with van der Waals surface area (Å²) in [5.41, 5.74) is 2.23. The zero-order valence-corrected chi connectivity index (χ0v) is 10.4. The van der Waals surface area contributed by atoms with Crippen LogP contribution in [-0.4, -0.2) is 6.61 Å². The zero-order chi connectivity index (χ0) is 14.5. The summed E-state index contributed by atoms with van der Waals surface area (Å²) < 4.78 is 45.1. The van der Waals surface area contributed by atoms with Crippen molar-refractivity contribution in [1.82, 2.24) is 5.43 Å². The SMILES string of the molecule is NNC(COc1ccccc1)c1ccc(F)c(F)c1F. The molecular weight excluding hydrogens is 269 g/mol. The Morgan fingerprint density at radius 3 is 2.35 bits per heavy atom. The number of para-hydroxylation sites is 1. The standard InChI is InChI=1S/C14H13F3N2O/c15-11-7-6-10(13(16)14(11)17)12(19-18)8-20-9-4-2-1-3-5-9/h1-7,12,19H,8,18H2. The van der Waals surface area contributed by atoms with Crippen LogP contribution in [0.2, 0.25) is 0 Å². The van der Waals surface area contributed by atoms with Gasteiger partial charge < -0.3 is 4.74 Å². The number of benzene rings is 2. The fourth-order valence-corrected chi connectivity index (χ4v) is 1.73. The number of hydrogen-bond acceptors (Lipinski definition) is 3. The average Bonchev–Trinajstić information content (AvgIpc) is 2.48. The van der Waals surface area contributed by atoms with Crippen LogP contribution >= 0.6 is 0 Å². The molecule has 1 unspecified atom stereocenters. The first kappa shape index (κ1) is 14.4. The normalized spacial score (nSPS) is 12.2. The van der Waals surface area contributed by atoms with Crippen molar-refractivity contribution in [3.8, 4) is 5.75 Å². The maximum atomic E-state index is 13.7. The quantitative estimate of drug-likeness (QED) is 0.503. The molecule has 0 heterocycles. The molecule has 3 N–H and O–H groups in total. The summed E-state index contributed by atoms with van der Waals surface area (Å²) in [6.45, 7) is -0.0253. The number of hydrogen-bond donors (Lipinski definition) is 2. The lowest BCUT2D eigenvalue weighted by atomic mass is 10.1. The molecule has 0 saturated carbocycles. The molecule has 0 bridgehead atoms. The smallest absolute Gasteiger partial charge is 0.194 e. The molecule has 3 nitrogen and oxygen atoms in total. The maximum absolute atomic E-state index is 13.7. The van der Waals surface area contributed by atoms with E-state index in [1.54, 1.807) is 24.3 Å². The molecule has 6 heteroatoms. The van der Waals surface area contributed by atoms with Gasteiger partial charge >= 0.3 is 0 Å². The van der Waals surface area contributed by atoms with Crippen molar-refractivity contribution in [2.24, 2.45) is 5.84 Å². The molecule has 0 saturated heterocycles. The second-order valence-corrected chi connectivity index (χ2v) is 4.11. The van der Waals surface area contributed by atoms with Crippen LogP contribution in [0.15, 0.2) is 42.5 Å². The van der Waals surface area contributed by atoms with E-state index >= 15 is 0 Å². The summed E-state index contributed by atoms with van der Waals surface area (Å²) in [6, 6.07) is 9.99. The van der Waals surface area contributed by atoms with E-state index in [9.17, 15) is 13.2 Å². The van der Waals surface area contributed by atoms with Crippen LogP contribution in [0.25, 0.3) is 0 Å². The van der Waals surface area contributed by atoms with E-state index < -0.39 is 23.5 Å². The van der Waals surface area contributed by atoms with Crippen LogP contribution in [0, 0.1) is 17.5 Å². The Morgan fingerprint density at radius 2 is 1.70 bits per heavy atom. The first-order valence-electron chi connectivity index (χ1n) is 5.91. The molecule has 0 aliphatic carbocycles. The fraction of sp³-hybridized carbons (Fsp3) is 0.143. The molecule has 0 radical (unpaired) electrons. The number of hydrazine groups is 1. The van der Waals surface area contributed by atoms with E-state index in [-0.39, 0.29) is 12.2 Å². The van der Waals surface area contributed by atoms with Crippen LogP contribution in [-0.2, 0) is 0 Å². The maximum Gasteiger partial charge on any atom is 0.194 e. The largest absolute Gasteiger partial charge is 0.492 e. The van der Waals surface area contributed by atoms with Gasteiger partial charge in [0.2, 0.25) is 0 Å². The minimum absolute atomic E-state index is 0.0253. The summed E-state index contributed by atoms with van der Waals surface area (Å²) >= 11 is 0. The molecule has 2 rings (SSSR count). The van der Waals surface area contributed by atoms with Crippen LogP contribution < -0.4 is 16.0 Å². The van der Waals surface area contributed by atoms with E-state index in [1.807, 2.05) is 6.07 Å².